The van der Waals surface area contributed by atoms with E-state index in [1.165, 1.54) is 12.1 Å². The van der Waals surface area contributed by atoms with Crippen molar-refractivity contribution in [2.45, 2.75) is 13.0 Å². The largest absolute Gasteiger partial charge is 0.389 e. The Labute approximate surface area is 120 Å². The Balaban J connectivity index is 2.65. The number of hydrogen-bond acceptors (Lipinski definition) is 3. The summed E-state index contributed by atoms with van der Waals surface area (Å²) in [5.74, 6) is -0.253. The third-order valence-electron chi connectivity index (χ3n) is 2.92. The first-order chi connectivity index (χ1) is 8.90. The Kier molecular flexibility index (Phi) is 6.34. The van der Waals surface area contributed by atoms with Crippen molar-refractivity contribution >= 4 is 17.2 Å². The normalized spacial score (nSPS) is 11.3. The topological polar surface area (TPSA) is 32.5 Å². The lowest BCUT2D eigenvalue weighted by Gasteiger charge is -2.19. The predicted molar refractivity (Wildman–Crippen MR) is 81.8 cm³/mol. The molecule has 0 saturated heterocycles. The molecule has 0 aliphatic rings. The highest BCUT2D eigenvalue weighted by Gasteiger charge is 2.09. The number of nitrogens with two attached hydrogens (primary N) is 1. The molecule has 0 amide bonds. The van der Waals surface area contributed by atoms with Gasteiger partial charge >= 0.3 is 0 Å². The highest BCUT2D eigenvalue weighted by atomic mass is 32.1. The third-order valence-corrected chi connectivity index (χ3v) is 3.14. The minimum absolute atomic E-state index is 0.253. The first-order valence-corrected chi connectivity index (χ1v) is 6.72. The molecule has 0 fully saturated rings. The van der Waals surface area contributed by atoms with Crippen LogP contribution in [-0.2, 0) is 6.54 Å². The summed E-state index contributed by atoms with van der Waals surface area (Å²) in [6, 6.07) is 4.56. The second-order valence-electron chi connectivity index (χ2n) is 5.06. The zero-order valence-corrected chi connectivity index (χ0v) is 12.6. The standard InChI is InChI=1S/C14H22FN3S/c1-17(2)7-4-8-18(3)10-11-9-12(15)5-6-13(11)14(16)19/h5-6,9H,4,7-8,10H2,1-3H3,(H2,16,19). The number of rotatable bonds is 7. The summed E-state index contributed by atoms with van der Waals surface area (Å²) in [6.07, 6.45) is 1.07. The molecule has 19 heavy (non-hydrogen) atoms. The zero-order chi connectivity index (χ0) is 14.4. The van der Waals surface area contributed by atoms with Crippen LogP contribution in [0.5, 0.6) is 0 Å². The first-order valence-electron chi connectivity index (χ1n) is 6.31. The number of benzene rings is 1. The van der Waals surface area contributed by atoms with Gasteiger partial charge in [0, 0.05) is 12.1 Å². The van der Waals surface area contributed by atoms with Crippen molar-refractivity contribution in [3.8, 4) is 0 Å². The summed E-state index contributed by atoms with van der Waals surface area (Å²) in [6.45, 7) is 2.64. The van der Waals surface area contributed by atoms with E-state index in [2.05, 4.69) is 23.9 Å². The van der Waals surface area contributed by atoms with Gasteiger partial charge in [0.1, 0.15) is 10.8 Å². The number of nitrogens with zero attached hydrogens (tertiary/aromatic N) is 2. The minimum atomic E-state index is -0.253. The van der Waals surface area contributed by atoms with Crippen LogP contribution >= 0.6 is 12.2 Å². The lowest BCUT2D eigenvalue weighted by molar-refractivity contribution is 0.294. The quantitative estimate of drug-likeness (QED) is 0.774. The summed E-state index contributed by atoms with van der Waals surface area (Å²) in [7, 11) is 6.12. The maximum Gasteiger partial charge on any atom is 0.123 e. The Morgan fingerprint density at radius 1 is 1.26 bits per heavy atom. The van der Waals surface area contributed by atoms with Gasteiger partial charge in [-0.1, -0.05) is 12.2 Å². The van der Waals surface area contributed by atoms with Crippen molar-refractivity contribution in [2.75, 3.05) is 34.2 Å². The molecule has 0 saturated carbocycles. The fraction of sp³-hybridized carbons (Fsp3) is 0.500. The molecule has 1 rings (SSSR count). The van der Waals surface area contributed by atoms with Crippen molar-refractivity contribution in [3.63, 3.8) is 0 Å². The Hall–Kier alpha value is -1.04. The highest BCUT2D eigenvalue weighted by molar-refractivity contribution is 7.80. The average molecular weight is 283 g/mol. The molecule has 3 nitrogen and oxygen atoms in total. The van der Waals surface area contributed by atoms with Gasteiger partial charge in [-0.05, 0) is 64.4 Å². The van der Waals surface area contributed by atoms with Crippen LogP contribution in [0.1, 0.15) is 17.5 Å². The molecule has 1 aromatic rings. The van der Waals surface area contributed by atoms with Crippen LogP contribution in [0, 0.1) is 5.82 Å². The van der Waals surface area contributed by atoms with E-state index in [4.69, 9.17) is 18.0 Å². The predicted octanol–water partition coefficient (Wildman–Crippen LogP) is 1.84. The van der Waals surface area contributed by atoms with Crippen molar-refractivity contribution in [1.29, 1.82) is 0 Å². The molecular formula is C14H22FN3S. The molecule has 106 valence electrons. The van der Waals surface area contributed by atoms with Gasteiger partial charge in [0.05, 0.1) is 0 Å². The van der Waals surface area contributed by atoms with Crippen LogP contribution in [0.4, 0.5) is 4.39 Å². The summed E-state index contributed by atoms with van der Waals surface area (Å²) in [5.41, 5.74) is 7.27. The van der Waals surface area contributed by atoms with E-state index in [0.717, 1.165) is 30.6 Å². The molecule has 1 aromatic carbocycles. The van der Waals surface area contributed by atoms with Gasteiger partial charge in [-0.25, -0.2) is 4.39 Å². The van der Waals surface area contributed by atoms with E-state index in [9.17, 15) is 4.39 Å². The van der Waals surface area contributed by atoms with E-state index in [1.54, 1.807) is 6.07 Å². The van der Waals surface area contributed by atoms with Crippen molar-refractivity contribution in [2.24, 2.45) is 5.73 Å². The lowest BCUT2D eigenvalue weighted by Crippen LogP contribution is -2.25. The summed E-state index contributed by atoms with van der Waals surface area (Å²) >= 11 is 5.00. The fourth-order valence-corrected chi connectivity index (χ4v) is 2.16. The average Bonchev–Trinajstić information content (AvgIpc) is 2.27. The molecule has 0 atom stereocenters. The van der Waals surface area contributed by atoms with Crippen LogP contribution < -0.4 is 5.73 Å². The maximum atomic E-state index is 13.3. The van der Waals surface area contributed by atoms with E-state index in [-0.39, 0.29) is 5.82 Å². The highest BCUT2D eigenvalue weighted by Crippen LogP contribution is 2.13. The molecule has 0 unspecified atom stereocenters. The summed E-state index contributed by atoms with van der Waals surface area (Å²) < 4.78 is 13.3. The van der Waals surface area contributed by atoms with E-state index in [0.29, 0.717) is 11.5 Å². The van der Waals surface area contributed by atoms with E-state index < -0.39 is 0 Å². The van der Waals surface area contributed by atoms with Crippen LogP contribution in [-0.4, -0.2) is 49.0 Å². The number of halogens is 1. The molecular weight excluding hydrogens is 261 g/mol. The maximum absolute atomic E-state index is 13.3. The van der Waals surface area contributed by atoms with Gasteiger partial charge in [-0.3, -0.25) is 0 Å². The molecule has 2 N–H and O–H groups in total. The molecule has 0 aliphatic heterocycles. The van der Waals surface area contributed by atoms with Crippen molar-refractivity contribution in [1.82, 2.24) is 9.80 Å². The van der Waals surface area contributed by atoms with E-state index in [1.807, 2.05) is 7.05 Å². The molecule has 0 heterocycles. The minimum Gasteiger partial charge on any atom is -0.389 e. The van der Waals surface area contributed by atoms with Crippen molar-refractivity contribution in [3.05, 3.63) is 35.1 Å². The fourth-order valence-electron chi connectivity index (χ4n) is 1.96. The third kappa shape index (κ3) is 5.63. The molecule has 0 radical (unpaired) electrons. The van der Waals surface area contributed by atoms with E-state index >= 15 is 0 Å². The second-order valence-corrected chi connectivity index (χ2v) is 5.50. The van der Waals surface area contributed by atoms with Crippen LogP contribution in [0.2, 0.25) is 0 Å². The van der Waals surface area contributed by atoms with Gasteiger partial charge in [0.2, 0.25) is 0 Å². The Morgan fingerprint density at radius 3 is 2.53 bits per heavy atom. The summed E-state index contributed by atoms with van der Waals surface area (Å²) in [4.78, 5) is 4.62. The van der Waals surface area contributed by atoms with Gasteiger partial charge in [-0.2, -0.15) is 0 Å². The molecule has 0 bridgehead atoms. The second kappa shape index (κ2) is 7.53. The Bertz CT molecular complexity index is 435. The van der Waals surface area contributed by atoms with Gasteiger partial charge in [-0.15, -0.1) is 0 Å². The molecule has 0 spiro atoms. The zero-order valence-electron chi connectivity index (χ0n) is 11.8. The van der Waals surface area contributed by atoms with Gasteiger partial charge in [0.25, 0.3) is 0 Å². The number of hydrogen-bond donors (Lipinski definition) is 1. The van der Waals surface area contributed by atoms with Gasteiger partial charge < -0.3 is 15.5 Å². The molecule has 0 aliphatic carbocycles. The summed E-state index contributed by atoms with van der Waals surface area (Å²) in [5, 5.41) is 0. The monoisotopic (exact) mass is 283 g/mol. The van der Waals surface area contributed by atoms with Crippen LogP contribution in [0.25, 0.3) is 0 Å². The van der Waals surface area contributed by atoms with Gasteiger partial charge in [0.15, 0.2) is 0 Å². The van der Waals surface area contributed by atoms with Crippen LogP contribution in [0.15, 0.2) is 18.2 Å². The lowest BCUT2D eigenvalue weighted by atomic mass is 10.1. The Morgan fingerprint density at radius 2 is 1.95 bits per heavy atom. The molecule has 0 aromatic heterocycles. The smallest absolute Gasteiger partial charge is 0.123 e. The van der Waals surface area contributed by atoms with Crippen LogP contribution in [0.3, 0.4) is 0 Å². The van der Waals surface area contributed by atoms with Crippen molar-refractivity contribution < 1.29 is 4.39 Å². The SMILES string of the molecule is CN(C)CCCN(C)Cc1cc(F)ccc1C(N)=S. The number of thiocarbonyl (C=S) groups is 1. The molecule has 5 heteroatoms. The first kappa shape index (κ1) is 16.0.